The monoisotopic (exact) mass is 820 g/mol. The van der Waals surface area contributed by atoms with Crippen LogP contribution in [0.3, 0.4) is 0 Å². The second kappa shape index (κ2) is 16.3. The van der Waals surface area contributed by atoms with E-state index in [-0.39, 0.29) is 51.7 Å². The van der Waals surface area contributed by atoms with Gasteiger partial charge in [-0.2, -0.15) is 0 Å². The maximum Gasteiger partial charge on any atom is 0.573 e. The predicted molar refractivity (Wildman–Crippen MR) is 215 cm³/mol. The molecule has 17 heteroatoms. The molecule has 4 atom stereocenters. The molecule has 5 aromatic rings. The smallest absolute Gasteiger partial charge is 0.453 e. The second-order valence-corrected chi connectivity index (χ2v) is 15.6. The molecule has 4 N–H and O–H groups in total. The number of likely N-dealkylation sites (tertiary alicyclic amines) is 1. The average molecular weight is 821 g/mol. The molecule has 2 fully saturated rings. The highest BCUT2D eigenvalue weighted by molar-refractivity contribution is 6.34. The number of hydrogen-bond acceptors (Lipinski definition) is 9. The van der Waals surface area contributed by atoms with Crippen LogP contribution in [0.15, 0.2) is 60.8 Å². The van der Waals surface area contributed by atoms with Gasteiger partial charge >= 0.3 is 12.5 Å². The van der Waals surface area contributed by atoms with Gasteiger partial charge in [-0.3, -0.25) is 9.59 Å². The molecule has 0 saturated carbocycles. The number of alkyl halides is 3. The Morgan fingerprint density at radius 2 is 1.84 bits per heavy atom. The van der Waals surface area contributed by atoms with Crippen LogP contribution < -0.4 is 25.6 Å². The van der Waals surface area contributed by atoms with Crippen LogP contribution in [-0.2, 0) is 9.53 Å². The van der Waals surface area contributed by atoms with Crippen molar-refractivity contribution in [2.24, 2.45) is 11.8 Å². The minimum Gasteiger partial charge on any atom is -0.453 e. The fourth-order valence-corrected chi connectivity index (χ4v) is 7.93. The summed E-state index contributed by atoms with van der Waals surface area (Å²) in [6.07, 6.45) is -3.67. The number of benzene rings is 3. The van der Waals surface area contributed by atoms with Gasteiger partial charge in [0.2, 0.25) is 5.91 Å². The highest BCUT2D eigenvalue weighted by atomic mass is 35.5. The number of piperazine rings is 1. The first-order valence-corrected chi connectivity index (χ1v) is 19.4. The largest absolute Gasteiger partial charge is 0.573 e. The molecule has 0 radical (unpaired) electrons. The van der Waals surface area contributed by atoms with E-state index in [0.717, 1.165) is 31.1 Å². The van der Waals surface area contributed by atoms with Crippen molar-refractivity contribution in [1.82, 2.24) is 30.5 Å². The Hall–Kier alpha value is -5.61. The Labute approximate surface area is 337 Å². The predicted octanol–water partition coefficient (Wildman–Crippen LogP) is 7.67. The van der Waals surface area contributed by atoms with E-state index in [1.165, 1.54) is 19.4 Å². The molecule has 2 aliphatic rings. The van der Waals surface area contributed by atoms with Crippen LogP contribution >= 0.6 is 11.6 Å². The number of H-pyrrole nitrogens is 1. The summed E-state index contributed by atoms with van der Waals surface area (Å²) in [6, 6.07) is 13.5. The van der Waals surface area contributed by atoms with Gasteiger partial charge in [-0.1, -0.05) is 50.6 Å². The van der Waals surface area contributed by atoms with Crippen LogP contribution in [0.25, 0.3) is 32.9 Å². The number of nitrogens with zero attached hydrogens (tertiary/aromatic N) is 4. The molecule has 0 aliphatic carbocycles. The normalized spacial score (nSPS) is 19.1. The number of fused-ring (bicyclic) bond motifs is 3. The number of anilines is 2. The molecular formula is C41H44ClF3N8O5. The van der Waals surface area contributed by atoms with Crippen molar-refractivity contribution < 1.29 is 37.0 Å². The zero-order valence-electron chi connectivity index (χ0n) is 32.5. The van der Waals surface area contributed by atoms with E-state index in [4.69, 9.17) is 21.3 Å². The molecule has 58 heavy (non-hydrogen) atoms. The Balaban J connectivity index is 1.16. The summed E-state index contributed by atoms with van der Waals surface area (Å²) in [5, 5.41) is 9.98. The molecule has 2 aliphatic heterocycles. The third-order valence-corrected chi connectivity index (χ3v) is 11.0. The number of methoxy groups -OCH3 is 1. The number of carbonyl (C=O) groups is 3. The number of carbonyl (C=O) groups excluding carboxylic acids is 3. The Kier molecular flexibility index (Phi) is 11.4. The van der Waals surface area contributed by atoms with E-state index in [1.807, 2.05) is 32.9 Å². The van der Waals surface area contributed by atoms with Crippen molar-refractivity contribution in [3.8, 4) is 16.9 Å². The molecule has 3 aromatic carbocycles. The Morgan fingerprint density at radius 1 is 1.05 bits per heavy atom. The number of imidazole rings is 1. The summed E-state index contributed by atoms with van der Waals surface area (Å²) in [5.74, 6) is -0.139. The lowest BCUT2D eigenvalue weighted by atomic mass is 9.99. The number of hydrogen-bond donors (Lipinski definition) is 4. The quantitative estimate of drug-likeness (QED) is 0.117. The summed E-state index contributed by atoms with van der Waals surface area (Å²) in [5.41, 5.74) is 1.88. The third-order valence-electron chi connectivity index (χ3n) is 10.6. The van der Waals surface area contributed by atoms with Crippen molar-refractivity contribution in [2.45, 2.75) is 58.6 Å². The van der Waals surface area contributed by atoms with Crippen LogP contribution in [0.1, 0.15) is 56.3 Å². The van der Waals surface area contributed by atoms with Crippen LogP contribution in [0.5, 0.6) is 5.75 Å². The molecule has 306 valence electrons. The average Bonchev–Trinajstić information content (AvgIpc) is 3.81. The van der Waals surface area contributed by atoms with Crippen LogP contribution in [0.2, 0.25) is 5.02 Å². The molecule has 4 heterocycles. The molecule has 2 saturated heterocycles. The lowest BCUT2D eigenvalue weighted by Crippen LogP contribution is -2.51. The molecule has 0 bridgehead atoms. The summed E-state index contributed by atoms with van der Waals surface area (Å²) >= 11 is 6.62. The number of halogens is 4. The van der Waals surface area contributed by atoms with Crippen molar-refractivity contribution >= 4 is 62.8 Å². The maximum absolute atomic E-state index is 13.8. The molecule has 0 spiro atoms. The second-order valence-electron chi connectivity index (χ2n) is 15.2. The number of alkyl carbamates (subject to hydrolysis) is 1. The fraction of sp³-hybridized carbons (Fsp3) is 0.390. The van der Waals surface area contributed by atoms with E-state index >= 15 is 0 Å². The van der Waals surface area contributed by atoms with Crippen molar-refractivity contribution in [3.05, 3.63) is 77.2 Å². The molecule has 7 rings (SSSR count). The molecule has 2 aromatic heterocycles. The van der Waals surface area contributed by atoms with Gasteiger partial charge in [-0.25, -0.2) is 14.8 Å². The van der Waals surface area contributed by atoms with Gasteiger partial charge in [-0.15, -0.1) is 13.2 Å². The minimum atomic E-state index is -5.04. The summed E-state index contributed by atoms with van der Waals surface area (Å²) in [6.45, 7) is 10.7. The summed E-state index contributed by atoms with van der Waals surface area (Å²) in [7, 11) is 1.25. The minimum absolute atomic E-state index is 0.00373. The zero-order chi connectivity index (χ0) is 41.5. The van der Waals surface area contributed by atoms with Gasteiger partial charge in [0.15, 0.2) is 0 Å². The first-order valence-electron chi connectivity index (χ1n) is 19.0. The number of ether oxygens (including phenoxy) is 2. The van der Waals surface area contributed by atoms with Gasteiger partial charge in [0.25, 0.3) is 5.91 Å². The summed E-state index contributed by atoms with van der Waals surface area (Å²) in [4.78, 5) is 55.8. The van der Waals surface area contributed by atoms with Crippen LogP contribution in [0.4, 0.5) is 29.5 Å². The molecule has 3 amide bonds. The molecule has 13 nitrogen and oxygen atoms in total. The van der Waals surface area contributed by atoms with Crippen LogP contribution in [0, 0.1) is 11.8 Å². The number of aromatic nitrogens is 3. The van der Waals surface area contributed by atoms with E-state index in [2.05, 4.69) is 42.5 Å². The van der Waals surface area contributed by atoms with E-state index < -0.39 is 30.2 Å². The van der Waals surface area contributed by atoms with Crippen molar-refractivity contribution in [3.63, 3.8) is 0 Å². The number of nitrogens with one attached hydrogen (secondary N) is 4. The maximum atomic E-state index is 13.8. The number of aromatic amines is 1. The first-order chi connectivity index (χ1) is 27.6. The standard InChI is InChI=1S/C41H44ClF3N8O5/c1-21(2)35(51-40(56)57-5)39(55)53-20-22(3)14-32(53)37-48-30-10-7-24-15-25(6-9-27(24)36(30)50-37)28-16-29(42)31(17-33(28)58-41(43,44)45)49-38(54)26-8-11-34(47-19-26)52-13-12-46-18-23(52)4/h6-11,15-17,19,21-23,32,35,46H,12-14,18,20H2,1-5H3,(H,48,50)(H,49,54)(H,51,56)/t22-,23?,32-,35-/m0/s1. The van der Waals surface area contributed by atoms with Crippen molar-refractivity contribution in [2.75, 3.05) is 43.5 Å². The molecular weight excluding hydrogens is 777 g/mol. The van der Waals surface area contributed by atoms with Gasteiger partial charge < -0.3 is 40.2 Å². The number of amides is 3. The number of rotatable bonds is 9. The van der Waals surface area contributed by atoms with E-state index in [9.17, 15) is 27.6 Å². The van der Waals surface area contributed by atoms with Gasteiger partial charge in [0.05, 0.1) is 40.5 Å². The highest BCUT2D eigenvalue weighted by Gasteiger charge is 2.40. The van der Waals surface area contributed by atoms with Gasteiger partial charge in [0, 0.05) is 55.4 Å². The Morgan fingerprint density at radius 3 is 2.53 bits per heavy atom. The lowest BCUT2D eigenvalue weighted by molar-refractivity contribution is -0.274. The van der Waals surface area contributed by atoms with Gasteiger partial charge in [-0.05, 0) is 66.5 Å². The van der Waals surface area contributed by atoms with E-state index in [0.29, 0.717) is 46.6 Å². The van der Waals surface area contributed by atoms with Gasteiger partial charge in [0.1, 0.15) is 23.4 Å². The van der Waals surface area contributed by atoms with Crippen LogP contribution in [-0.4, -0.2) is 89.5 Å². The molecule has 1 unspecified atom stereocenters. The topological polar surface area (TPSA) is 154 Å². The fourth-order valence-electron chi connectivity index (χ4n) is 7.72. The highest BCUT2D eigenvalue weighted by Crippen LogP contribution is 2.42. The van der Waals surface area contributed by atoms with E-state index in [1.54, 1.807) is 35.2 Å². The summed E-state index contributed by atoms with van der Waals surface area (Å²) < 4.78 is 50.7. The number of pyridine rings is 1. The SMILES string of the molecule is COC(=O)N[C@H](C(=O)N1C[C@@H](C)C[C@H]1c1nc2c(ccc3cc(-c4cc(Cl)c(NC(=O)c5ccc(N6CCNCC6C)nc5)cc4OC(F)(F)F)ccc32)[nH]1)C(C)C. The lowest BCUT2D eigenvalue weighted by Gasteiger charge is -2.34. The Bertz CT molecular complexity index is 2350. The first kappa shape index (κ1) is 40.6. The zero-order valence-corrected chi connectivity index (χ0v) is 33.3. The van der Waals surface area contributed by atoms with Crippen molar-refractivity contribution in [1.29, 1.82) is 0 Å². The third kappa shape index (κ3) is 8.48.